The molecule has 0 aliphatic carbocycles. The van der Waals surface area contributed by atoms with Gasteiger partial charge < -0.3 is 19.7 Å². The van der Waals surface area contributed by atoms with Gasteiger partial charge in [-0.3, -0.25) is 0 Å². The Balaban J connectivity index is 2.35. The third kappa shape index (κ3) is 3.52. The van der Waals surface area contributed by atoms with Crippen LogP contribution in [0.25, 0.3) is 11.1 Å². The van der Waals surface area contributed by atoms with Crippen molar-refractivity contribution < 1.29 is 24.5 Å². The molecule has 0 aromatic heterocycles. The number of hydrogen-bond acceptors (Lipinski definition) is 4. The van der Waals surface area contributed by atoms with Gasteiger partial charge in [-0.15, -0.1) is 0 Å². The standard InChI is InChI=1S/C16H16O5/c1-20-8-9-21-15-5-3-2-4-13(15)12-7-6-11(16(18)19)10-14(12)17/h2-7,10,17H,8-9H2,1H3,(H,18,19). The van der Waals surface area contributed by atoms with Crippen LogP contribution in [0.2, 0.25) is 0 Å². The summed E-state index contributed by atoms with van der Waals surface area (Å²) in [5.41, 5.74) is 1.25. The molecule has 0 fully saturated rings. The molecule has 21 heavy (non-hydrogen) atoms. The summed E-state index contributed by atoms with van der Waals surface area (Å²) in [5.74, 6) is -0.577. The Morgan fingerprint density at radius 1 is 1.10 bits per heavy atom. The van der Waals surface area contributed by atoms with Crippen molar-refractivity contribution in [3.63, 3.8) is 0 Å². The monoisotopic (exact) mass is 288 g/mol. The Morgan fingerprint density at radius 2 is 1.86 bits per heavy atom. The van der Waals surface area contributed by atoms with Gasteiger partial charge in [0.2, 0.25) is 0 Å². The molecule has 5 heteroatoms. The van der Waals surface area contributed by atoms with Crippen molar-refractivity contribution in [2.75, 3.05) is 20.3 Å². The fraction of sp³-hybridized carbons (Fsp3) is 0.188. The Kier molecular flexibility index (Phi) is 4.79. The van der Waals surface area contributed by atoms with Crippen LogP contribution < -0.4 is 4.74 Å². The number of hydrogen-bond donors (Lipinski definition) is 2. The number of carbonyl (C=O) groups is 1. The normalized spacial score (nSPS) is 10.3. The molecule has 0 amide bonds. The maximum Gasteiger partial charge on any atom is 0.335 e. The molecule has 5 nitrogen and oxygen atoms in total. The Morgan fingerprint density at radius 3 is 2.52 bits per heavy atom. The molecule has 0 aliphatic heterocycles. The van der Waals surface area contributed by atoms with Gasteiger partial charge in [0.25, 0.3) is 0 Å². The molecule has 110 valence electrons. The first kappa shape index (κ1) is 14.9. The van der Waals surface area contributed by atoms with E-state index in [9.17, 15) is 9.90 Å². The molecule has 0 heterocycles. The highest BCUT2D eigenvalue weighted by Gasteiger charge is 2.12. The number of para-hydroxylation sites is 1. The van der Waals surface area contributed by atoms with Crippen LogP contribution in [0.1, 0.15) is 10.4 Å². The molecule has 0 atom stereocenters. The Labute approximate surface area is 122 Å². The van der Waals surface area contributed by atoms with Gasteiger partial charge in [-0.25, -0.2) is 4.79 Å². The molecule has 0 radical (unpaired) electrons. The Bertz CT molecular complexity index is 636. The smallest absolute Gasteiger partial charge is 0.335 e. The minimum absolute atomic E-state index is 0.0361. The first-order valence-corrected chi connectivity index (χ1v) is 6.41. The highest BCUT2D eigenvalue weighted by atomic mass is 16.5. The second-order valence-electron chi connectivity index (χ2n) is 4.37. The maximum atomic E-state index is 10.9. The van der Waals surface area contributed by atoms with Crippen molar-refractivity contribution in [1.82, 2.24) is 0 Å². The van der Waals surface area contributed by atoms with Gasteiger partial charge in [0.05, 0.1) is 12.2 Å². The number of aromatic hydroxyl groups is 1. The number of carboxylic acid groups (broad SMARTS) is 1. The molecule has 2 rings (SSSR count). The highest BCUT2D eigenvalue weighted by Crippen LogP contribution is 2.36. The van der Waals surface area contributed by atoms with E-state index in [1.807, 2.05) is 12.1 Å². The molecule has 2 aromatic carbocycles. The second-order valence-corrected chi connectivity index (χ2v) is 4.37. The van der Waals surface area contributed by atoms with E-state index >= 15 is 0 Å². The number of phenols is 1. The van der Waals surface area contributed by atoms with Crippen LogP contribution in [0.3, 0.4) is 0 Å². The lowest BCUT2D eigenvalue weighted by atomic mass is 10.0. The summed E-state index contributed by atoms with van der Waals surface area (Å²) in [5, 5.41) is 19.0. The summed E-state index contributed by atoms with van der Waals surface area (Å²) < 4.78 is 10.5. The zero-order valence-electron chi connectivity index (χ0n) is 11.6. The van der Waals surface area contributed by atoms with Crippen LogP contribution in [-0.2, 0) is 4.74 Å². The molecule has 0 saturated carbocycles. The first-order chi connectivity index (χ1) is 10.1. The highest BCUT2D eigenvalue weighted by molar-refractivity contribution is 5.90. The largest absolute Gasteiger partial charge is 0.507 e. The topological polar surface area (TPSA) is 76.0 Å². The predicted molar refractivity (Wildman–Crippen MR) is 77.9 cm³/mol. The summed E-state index contributed by atoms with van der Waals surface area (Å²) in [6.45, 7) is 0.847. The van der Waals surface area contributed by atoms with Crippen LogP contribution in [0, 0.1) is 0 Å². The summed E-state index contributed by atoms with van der Waals surface area (Å²) >= 11 is 0. The van der Waals surface area contributed by atoms with Crippen molar-refractivity contribution in [2.24, 2.45) is 0 Å². The fourth-order valence-electron chi connectivity index (χ4n) is 1.94. The third-order valence-corrected chi connectivity index (χ3v) is 2.97. The lowest BCUT2D eigenvalue weighted by Gasteiger charge is -2.12. The number of benzene rings is 2. The van der Waals surface area contributed by atoms with Gasteiger partial charge in [-0.2, -0.15) is 0 Å². The van der Waals surface area contributed by atoms with Crippen LogP contribution in [-0.4, -0.2) is 36.5 Å². The first-order valence-electron chi connectivity index (χ1n) is 6.41. The molecule has 0 spiro atoms. The number of carboxylic acids is 1. The van der Waals surface area contributed by atoms with Gasteiger partial charge in [0.1, 0.15) is 18.1 Å². The summed E-state index contributed by atoms with van der Waals surface area (Å²) in [4.78, 5) is 10.9. The minimum atomic E-state index is -1.08. The molecule has 0 saturated heterocycles. The number of ether oxygens (including phenoxy) is 2. The number of aromatic carboxylic acids is 1. The SMILES string of the molecule is COCCOc1ccccc1-c1ccc(C(=O)O)cc1O. The van der Waals surface area contributed by atoms with E-state index in [0.717, 1.165) is 0 Å². The van der Waals surface area contributed by atoms with Crippen molar-refractivity contribution in [1.29, 1.82) is 0 Å². The van der Waals surface area contributed by atoms with Gasteiger partial charge in [-0.1, -0.05) is 18.2 Å². The number of methoxy groups -OCH3 is 1. The zero-order chi connectivity index (χ0) is 15.2. The summed E-state index contributed by atoms with van der Waals surface area (Å²) in [6, 6.07) is 11.5. The van der Waals surface area contributed by atoms with Crippen LogP contribution >= 0.6 is 0 Å². The van der Waals surface area contributed by atoms with Crippen LogP contribution in [0.4, 0.5) is 0 Å². The van der Waals surface area contributed by atoms with Gasteiger partial charge in [0, 0.05) is 18.2 Å². The van der Waals surface area contributed by atoms with Crippen molar-refractivity contribution in [3.8, 4) is 22.6 Å². The zero-order valence-corrected chi connectivity index (χ0v) is 11.6. The van der Waals surface area contributed by atoms with E-state index < -0.39 is 5.97 Å². The fourth-order valence-corrected chi connectivity index (χ4v) is 1.94. The summed E-state index contributed by atoms with van der Waals surface area (Å²) in [6.07, 6.45) is 0. The van der Waals surface area contributed by atoms with Crippen molar-refractivity contribution >= 4 is 5.97 Å². The average Bonchev–Trinajstić information content (AvgIpc) is 2.48. The predicted octanol–water partition coefficient (Wildman–Crippen LogP) is 2.78. The van der Waals surface area contributed by atoms with E-state index in [4.69, 9.17) is 14.6 Å². The van der Waals surface area contributed by atoms with E-state index in [0.29, 0.717) is 30.1 Å². The molecule has 0 unspecified atom stereocenters. The molecular formula is C16H16O5. The average molecular weight is 288 g/mol. The van der Waals surface area contributed by atoms with E-state index in [2.05, 4.69) is 0 Å². The lowest BCUT2D eigenvalue weighted by molar-refractivity contribution is 0.0696. The second kappa shape index (κ2) is 6.76. The van der Waals surface area contributed by atoms with E-state index in [1.54, 1.807) is 25.3 Å². The van der Waals surface area contributed by atoms with Crippen LogP contribution in [0.5, 0.6) is 11.5 Å². The van der Waals surface area contributed by atoms with Gasteiger partial charge in [0.15, 0.2) is 0 Å². The Hall–Kier alpha value is -2.53. The molecule has 0 aliphatic rings. The molecular weight excluding hydrogens is 272 g/mol. The van der Waals surface area contributed by atoms with Gasteiger partial charge >= 0.3 is 5.97 Å². The van der Waals surface area contributed by atoms with Crippen LogP contribution in [0.15, 0.2) is 42.5 Å². The quantitative estimate of drug-likeness (QED) is 0.799. The molecule has 2 aromatic rings. The van der Waals surface area contributed by atoms with Gasteiger partial charge in [-0.05, 0) is 24.3 Å². The third-order valence-electron chi connectivity index (χ3n) is 2.97. The summed E-state index contributed by atoms with van der Waals surface area (Å²) in [7, 11) is 1.59. The number of rotatable bonds is 6. The molecule has 2 N–H and O–H groups in total. The lowest BCUT2D eigenvalue weighted by Crippen LogP contribution is -2.05. The molecule has 0 bridgehead atoms. The maximum absolute atomic E-state index is 10.9. The number of phenolic OH excluding ortho intramolecular Hbond substituents is 1. The minimum Gasteiger partial charge on any atom is -0.507 e. The van der Waals surface area contributed by atoms with E-state index in [-0.39, 0.29) is 11.3 Å². The van der Waals surface area contributed by atoms with Crippen molar-refractivity contribution in [2.45, 2.75) is 0 Å². The van der Waals surface area contributed by atoms with E-state index in [1.165, 1.54) is 12.1 Å². The van der Waals surface area contributed by atoms with Crippen molar-refractivity contribution in [3.05, 3.63) is 48.0 Å².